The van der Waals surface area contributed by atoms with Crippen LogP contribution in [-0.2, 0) is 24.8 Å². The number of aliphatic hydroxyl groups is 5. The van der Waals surface area contributed by atoms with Gasteiger partial charge < -0.3 is 41.1 Å². The molecule has 0 unspecified atom stereocenters. The van der Waals surface area contributed by atoms with E-state index in [0.29, 0.717) is 19.6 Å². The number of carboxylic acids is 1. The van der Waals surface area contributed by atoms with Crippen molar-refractivity contribution in [2.75, 3.05) is 53.4 Å². The molecule has 45 heavy (non-hydrogen) atoms. The maximum absolute atomic E-state index is 14.2. The molecule has 1 aromatic carbocycles. The molecule has 15 heteroatoms. The van der Waals surface area contributed by atoms with Crippen LogP contribution in [0.15, 0.2) is 35.1 Å². The fourth-order valence-electron chi connectivity index (χ4n) is 7.37. The first-order valence-electron chi connectivity index (χ1n) is 14.6. The lowest BCUT2D eigenvalue weighted by Gasteiger charge is -2.53. The molecule has 3 aliphatic carbocycles. The second kappa shape index (κ2) is 11.5. The zero-order valence-corrected chi connectivity index (χ0v) is 25.1. The second-order valence-electron chi connectivity index (χ2n) is 12.4. The smallest absolute Gasteiger partial charge is 0.341 e. The normalized spacial score (nSPS) is 31.4. The number of phenolic OH excluding ortho intramolecular Hbond substituents is 1. The Balaban J connectivity index is 1.58. The molecule has 0 aromatic heterocycles. The number of aliphatic hydroxyl groups excluding tert-OH is 3. The van der Waals surface area contributed by atoms with Gasteiger partial charge in [-0.1, -0.05) is 12.1 Å². The SMILES string of the molecule is CN(C)[C@@H]1C(=O)C(C(=O)N[C@@H](C(=O)O)N2CCN(CCO)CC2)=C(O)[C@@]2(O)C(=O)C3=C(O)c4c(O)cccc4[C@@](C)(O)[C@H]3C[C@@H]12. The molecule has 5 rings (SSSR count). The lowest BCUT2D eigenvalue weighted by Crippen LogP contribution is -2.67. The zero-order chi connectivity index (χ0) is 33.2. The van der Waals surface area contributed by atoms with Crippen LogP contribution in [0.1, 0.15) is 24.5 Å². The van der Waals surface area contributed by atoms with E-state index < -0.39 is 87.1 Å². The standard InChI is InChI=1S/C30H38N4O11/c1-29(44)14-5-4-6-17(36)18(14)22(37)19-15(29)13-16-21(32(2)3)23(38)20(25(40)30(16,45)24(19)39)27(41)31-26(28(42)43)34-9-7-33(8-10-34)11-12-35/h4-6,15-16,21,26,35-37,40,44-45H,7-13H2,1-3H3,(H,31,41)(H,42,43)/t15-,16-,21-,26+,29+,30-/m0/s1. The van der Waals surface area contributed by atoms with Gasteiger partial charge >= 0.3 is 5.97 Å². The number of β-amino-alcohol motifs (C(OH)–C–C–N with tert-alkyl or cyclic N) is 1. The Labute approximate surface area is 258 Å². The van der Waals surface area contributed by atoms with Crippen LogP contribution in [0.5, 0.6) is 5.75 Å². The third-order valence-electron chi connectivity index (χ3n) is 9.69. The lowest BCUT2D eigenvalue weighted by molar-refractivity contribution is -0.159. The Kier molecular flexibility index (Phi) is 8.31. The number of Topliss-reactive ketones (excluding diaryl/α,β-unsaturated/α-hetero) is 2. The van der Waals surface area contributed by atoms with Crippen molar-refractivity contribution in [1.82, 2.24) is 20.0 Å². The van der Waals surface area contributed by atoms with E-state index in [2.05, 4.69) is 5.32 Å². The monoisotopic (exact) mass is 630 g/mol. The number of aromatic hydroxyl groups is 1. The van der Waals surface area contributed by atoms with Crippen molar-refractivity contribution in [3.05, 3.63) is 46.2 Å². The number of ketones is 2. The molecule has 8 N–H and O–H groups in total. The van der Waals surface area contributed by atoms with Gasteiger partial charge in [0.25, 0.3) is 5.91 Å². The van der Waals surface area contributed by atoms with Gasteiger partial charge in [-0.3, -0.25) is 29.1 Å². The zero-order valence-electron chi connectivity index (χ0n) is 25.1. The topological polar surface area (TPSA) is 232 Å². The molecule has 1 heterocycles. The first-order chi connectivity index (χ1) is 21.1. The van der Waals surface area contributed by atoms with E-state index >= 15 is 0 Å². The van der Waals surface area contributed by atoms with Crippen molar-refractivity contribution in [1.29, 1.82) is 0 Å². The van der Waals surface area contributed by atoms with Gasteiger partial charge in [-0.05, 0) is 39.1 Å². The third kappa shape index (κ3) is 4.90. The van der Waals surface area contributed by atoms with E-state index in [-0.39, 0.29) is 37.2 Å². The number of benzene rings is 1. The van der Waals surface area contributed by atoms with E-state index in [0.717, 1.165) is 0 Å². The second-order valence-corrected chi connectivity index (χ2v) is 12.4. The lowest BCUT2D eigenvalue weighted by atomic mass is 9.54. The van der Waals surface area contributed by atoms with Crippen LogP contribution >= 0.6 is 0 Å². The average molecular weight is 631 g/mol. The quantitative estimate of drug-likeness (QED) is 0.157. The minimum atomic E-state index is -2.93. The molecular weight excluding hydrogens is 592 g/mol. The van der Waals surface area contributed by atoms with E-state index in [1.54, 1.807) is 0 Å². The number of nitrogens with zero attached hydrogens (tertiary/aromatic N) is 3. The molecule has 1 saturated heterocycles. The number of rotatable bonds is 7. The van der Waals surface area contributed by atoms with Crippen molar-refractivity contribution >= 4 is 29.2 Å². The number of hydrogen-bond acceptors (Lipinski definition) is 13. The summed E-state index contributed by atoms with van der Waals surface area (Å²) >= 11 is 0. The predicted octanol–water partition coefficient (Wildman–Crippen LogP) is -1.72. The largest absolute Gasteiger partial charge is 0.508 e. The number of likely N-dealkylation sites (N-methyl/N-ethyl adjacent to an activating group) is 1. The van der Waals surface area contributed by atoms with Crippen LogP contribution in [0.25, 0.3) is 5.76 Å². The van der Waals surface area contributed by atoms with Crippen molar-refractivity contribution in [2.24, 2.45) is 11.8 Å². The Morgan fingerprint density at radius 1 is 1.09 bits per heavy atom. The fraction of sp³-hybridized carbons (Fsp3) is 0.533. The number of nitrogens with one attached hydrogen (secondary N) is 1. The van der Waals surface area contributed by atoms with Gasteiger partial charge in [0.15, 0.2) is 17.6 Å². The summed E-state index contributed by atoms with van der Waals surface area (Å²) in [5.41, 5.74) is -6.40. The molecule has 1 saturated carbocycles. The number of piperazine rings is 1. The number of hydrogen-bond donors (Lipinski definition) is 8. The summed E-state index contributed by atoms with van der Waals surface area (Å²) in [5.74, 6) is -10.1. The van der Waals surface area contributed by atoms with Gasteiger partial charge in [-0.25, -0.2) is 4.79 Å². The minimum absolute atomic E-state index is 0.0784. The van der Waals surface area contributed by atoms with E-state index in [4.69, 9.17) is 0 Å². The molecule has 0 bridgehead atoms. The van der Waals surface area contributed by atoms with Crippen molar-refractivity contribution in [3.8, 4) is 5.75 Å². The Morgan fingerprint density at radius 2 is 1.73 bits per heavy atom. The summed E-state index contributed by atoms with van der Waals surface area (Å²) < 4.78 is 0. The highest BCUT2D eigenvalue weighted by Crippen LogP contribution is 2.57. The van der Waals surface area contributed by atoms with Gasteiger partial charge in [0.2, 0.25) is 5.78 Å². The number of carbonyl (C=O) groups excluding carboxylic acids is 3. The van der Waals surface area contributed by atoms with Crippen molar-refractivity contribution in [2.45, 2.75) is 36.8 Å². The van der Waals surface area contributed by atoms with Gasteiger partial charge in [-0.2, -0.15) is 0 Å². The highest BCUT2D eigenvalue weighted by atomic mass is 16.4. The van der Waals surface area contributed by atoms with Gasteiger partial charge in [-0.15, -0.1) is 0 Å². The summed E-state index contributed by atoms with van der Waals surface area (Å²) in [4.78, 5) is 58.7. The molecule has 1 aromatic rings. The van der Waals surface area contributed by atoms with Crippen molar-refractivity contribution in [3.63, 3.8) is 0 Å². The Bertz CT molecular complexity index is 1510. The molecule has 0 spiro atoms. The van der Waals surface area contributed by atoms with Crippen LogP contribution in [0, 0.1) is 11.8 Å². The predicted molar refractivity (Wildman–Crippen MR) is 156 cm³/mol. The molecule has 2 fully saturated rings. The molecule has 6 atom stereocenters. The molecule has 0 radical (unpaired) electrons. The summed E-state index contributed by atoms with van der Waals surface area (Å²) in [5, 5.41) is 78.3. The first-order valence-corrected chi connectivity index (χ1v) is 14.6. The van der Waals surface area contributed by atoms with Gasteiger partial charge in [0, 0.05) is 50.1 Å². The molecule has 15 nitrogen and oxygen atoms in total. The highest BCUT2D eigenvalue weighted by molar-refractivity contribution is 6.25. The average Bonchev–Trinajstić information content (AvgIpc) is 2.97. The first kappa shape index (κ1) is 32.5. The number of fused-ring (bicyclic) bond motifs is 3. The number of carbonyl (C=O) groups is 4. The molecule has 244 valence electrons. The van der Waals surface area contributed by atoms with E-state index in [1.807, 2.05) is 4.90 Å². The number of carboxylic acid groups (broad SMARTS) is 1. The molecule has 1 aliphatic heterocycles. The maximum atomic E-state index is 14.2. The number of aliphatic carboxylic acids is 1. The van der Waals surface area contributed by atoms with Gasteiger partial charge in [0.05, 0.1) is 23.8 Å². The van der Waals surface area contributed by atoms with E-state index in [1.165, 1.54) is 49.0 Å². The Morgan fingerprint density at radius 3 is 2.31 bits per heavy atom. The summed E-state index contributed by atoms with van der Waals surface area (Å²) in [6, 6.07) is 2.77. The molecule has 1 amide bonds. The number of amides is 1. The Hall–Kier alpha value is -3.86. The van der Waals surface area contributed by atoms with Crippen LogP contribution in [-0.4, -0.2) is 145 Å². The molecule has 4 aliphatic rings. The van der Waals surface area contributed by atoms with Crippen LogP contribution in [0.4, 0.5) is 0 Å². The van der Waals surface area contributed by atoms with E-state index in [9.17, 15) is 54.9 Å². The number of phenols is 1. The fourth-order valence-corrected chi connectivity index (χ4v) is 7.37. The van der Waals surface area contributed by atoms with Crippen LogP contribution < -0.4 is 5.32 Å². The minimum Gasteiger partial charge on any atom is -0.508 e. The molecular formula is C30H38N4O11. The van der Waals surface area contributed by atoms with Crippen molar-refractivity contribution < 1.29 is 54.9 Å². The highest BCUT2D eigenvalue weighted by Gasteiger charge is 2.66. The summed E-state index contributed by atoms with van der Waals surface area (Å²) in [6.07, 6.45) is -1.93. The summed E-state index contributed by atoms with van der Waals surface area (Å²) in [6.45, 7) is 2.88. The van der Waals surface area contributed by atoms with Crippen LogP contribution in [0.2, 0.25) is 0 Å². The summed E-state index contributed by atoms with van der Waals surface area (Å²) in [7, 11) is 2.93. The third-order valence-corrected chi connectivity index (χ3v) is 9.69. The maximum Gasteiger partial charge on any atom is 0.341 e. The van der Waals surface area contributed by atoms with Crippen LogP contribution in [0.3, 0.4) is 0 Å². The van der Waals surface area contributed by atoms with Gasteiger partial charge in [0.1, 0.15) is 22.8 Å².